The van der Waals surface area contributed by atoms with Gasteiger partial charge in [-0.15, -0.1) is 0 Å². The van der Waals surface area contributed by atoms with Crippen LogP contribution in [0.2, 0.25) is 0 Å². The molecule has 1 aromatic heterocycles. The molecule has 0 fully saturated rings. The molecule has 1 unspecified atom stereocenters. The van der Waals surface area contributed by atoms with E-state index in [0.717, 1.165) is 0 Å². The third kappa shape index (κ3) is 2.39. The zero-order valence-electron chi connectivity index (χ0n) is 10.1. The molecule has 0 amide bonds. The fourth-order valence-electron chi connectivity index (χ4n) is 1.58. The minimum Gasteiger partial charge on any atom is -0.444 e. The first-order valence-corrected chi connectivity index (χ1v) is 5.39. The third-order valence-corrected chi connectivity index (χ3v) is 2.53. The molecule has 0 aliphatic rings. The van der Waals surface area contributed by atoms with Gasteiger partial charge in [-0.1, -0.05) is 0 Å². The van der Waals surface area contributed by atoms with E-state index >= 15 is 0 Å². The molecule has 0 N–H and O–H groups in total. The van der Waals surface area contributed by atoms with Crippen LogP contribution >= 0.6 is 0 Å². The number of halogens is 1. The van der Waals surface area contributed by atoms with Crippen molar-refractivity contribution in [2.24, 2.45) is 0 Å². The predicted molar refractivity (Wildman–Crippen MR) is 63.9 cm³/mol. The lowest BCUT2D eigenvalue weighted by molar-refractivity contribution is 0.352. The summed E-state index contributed by atoms with van der Waals surface area (Å²) in [6.45, 7) is 0. The largest absolute Gasteiger partial charge is 0.444 e. The summed E-state index contributed by atoms with van der Waals surface area (Å²) in [6, 6.07) is 7.53. The Labute approximate surface area is 104 Å². The van der Waals surface area contributed by atoms with Gasteiger partial charge in [0.15, 0.2) is 0 Å². The molecule has 0 aliphatic carbocycles. The number of aromatic nitrogens is 1. The van der Waals surface area contributed by atoms with Crippen LogP contribution in [0.5, 0.6) is 0 Å². The number of benzene rings is 1. The van der Waals surface area contributed by atoms with E-state index in [1.165, 1.54) is 18.4 Å². The van der Waals surface area contributed by atoms with Gasteiger partial charge in [-0.2, -0.15) is 5.26 Å². The SMILES string of the molecule is CN(C)C(C#N)c1coc(-c2ccc(F)cc2)n1. The van der Waals surface area contributed by atoms with Crippen LogP contribution in [0.25, 0.3) is 11.5 Å². The van der Waals surface area contributed by atoms with Crippen molar-refractivity contribution in [3.8, 4) is 17.5 Å². The first-order chi connectivity index (χ1) is 8.61. The number of nitrogens with zero attached hydrogens (tertiary/aromatic N) is 3. The highest BCUT2D eigenvalue weighted by Crippen LogP contribution is 2.23. The summed E-state index contributed by atoms with van der Waals surface area (Å²) >= 11 is 0. The maximum absolute atomic E-state index is 12.8. The quantitative estimate of drug-likeness (QED) is 0.834. The van der Waals surface area contributed by atoms with E-state index in [4.69, 9.17) is 9.68 Å². The highest BCUT2D eigenvalue weighted by molar-refractivity contribution is 5.53. The van der Waals surface area contributed by atoms with E-state index in [2.05, 4.69) is 11.1 Å². The summed E-state index contributed by atoms with van der Waals surface area (Å²) in [5.74, 6) is 0.0702. The lowest BCUT2D eigenvalue weighted by Gasteiger charge is -2.13. The molecular formula is C13H12FN3O. The van der Waals surface area contributed by atoms with Gasteiger partial charge in [0.1, 0.15) is 23.8 Å². The van der Waals surface area contributed by atoms with Crippen LogP contribution in [0.4, 0.5) is 4.39 Å². The van der Waals surface area contributed by atoms with Crippen LogP contribution in [0.1, 0.15) is 11.7 Å². The Morgan fingerprint density at radius 1 is 1.33 bits per heavy atom. The van der Waals surface area contributed by atoms with Crippen LogP contribution in [0.15, 0.2) is 34.9 Å². The molecule has 4 nitrogen and oxygen atoms in total. The van der Waals surface area contributed by atoms with Crippen molar-refractivity contribution in [1.82, 2.24) is 9.88 Å². The molecule has 0 radical (unpaired) electrons. The minimum absolute atomic E-state index is 0.311. The Hall–Kier alpha value is -2.19. The van der Waals surface area contributed by atoms with Crippen LogP contribution in [-0.4, -0.2) is 24.0 Å². The van der Waals surface area contributed by atoms with Gasteiger partial charge in [0.25, 0.3) is 0 Å². The number of oxazole rings is 1. The predicted octanol–water partition coefficient (Wildman–Crippen LogP) is 2.61. The standard InChI is InChI=1S/C13H12FN3O/c1-17(2)12(7-15)11-8-18-13(16-11)9-3-5-10(14)6-4-9/h3-6,8,12H,1-2H3. The fraction of sp³-hybridized carbons (Fsp3) is 0.231. The Bertz CT molecular complexity index is 569. The molecule has 18 heavy (non-hydrogen) atoms. The second-order valence-electron chi connectivity index (χ2n) is 4.08. The van der Waals surface area contributed by atoms with E-state index < -0.39 is 6.04 Å². The van der Waals surface area contributed by atoms with Gasteiger partial charge in [0.05, 0.1) is 6.07 Å². The molecular weight excluding hydrogens is 233 g/mol. The van der Waals surface area contributed by atoms with E-state index in [-0.39, 0.29) is 5.82 Å². The van der Waals surface area contributed by atoms with E-state index in [0.29, 0.717) is 17.1 Å². The summed E-state index contributed by atoms with van der Waals surface area (Å²) in [5.41, 5.74) is 1.22. The van der Waals surface area contributed by atoms with Crippen LogP contribution < -0.4 is 0 Å². The summed E-state index contributed by atoms with van der Waals surface area (Å²) < 4.78 is 18.1. The number of hydrogen-bond donors (Lipinski definition) is 0. The monoisotopic (exact) mass is 245 g/mol. The minimum atomic E-state index is -0.456. The first kappa shape index (κ1) is 12.3. The topological polar surface area (TPSA) is 53.1 Å². The molecule has 2 aromatic rings. The zero-order chi connectivity index (χ0) is 13.1. The van der Waals surface area contributed by atoms with Crippen LogP contribution in [-0.2, 0) is 0 Å². The Morgan fingerprint density at radius 3 is 2.56 bits per heavy atom. The Morgan fingerprint density at radius 2 is 2.00 bits per heavy atom. The lowest BCUT2D eigenvalue weighted by Crippen LogP contribution is -2.18. The van der Waals surface area contributed by atoms with Gasteiger partial charge in [0.2, 0.25) is 5.89 Å². The van der Waals surface area contributed by atoms with Crippen molar-refractivity contribution in [2.75, 3.05) is 14.1 Å². The average Bonchev–Trinajstić information content (AvgIpc) is 2.80. The molecule has 0 spiro atoms. The molecule has 2 rings (SSSR count). The van der Waals surface area contributed by atoms with E-state index in [1.807, 2.05) is 0 Å². The van der Waals surface area contributed by atoms with Crippen molar-refractivity contribution in [2.45, 2.75) is 6.04 Å². The molecule has 1 aromatic carbocycles. The first-order valence-electron chi connectivity index (χ1n) is 5.39. The fourth-order valence-corrected chi connectivity index (χ4v) is 1.58. The maximum atomic E-state index is 12.8. The second kappa shape index (κ2) is 4.98. The van der Waals surface area contributed by atoms with Crippen LogP contribution in [0.3, 0.4) is 0 Å². The van der Waals surface area contributed by atoms with Gasteiger partial charge in [-0.25, -0.2) is 9.37 Å². The summed E-state index contributed by atoms with van der Waals surface area (Å²) in [5, 5.41) is 9.04. The normalized spacial score (nSPS) is 12.4. The van der Waals surface area contributed by atoms with Gasteiger partial charge < -0.3 is 4.42 Å². The second-order valence-corrected chi connectivity index (χ2v) is 4.08. The molecule has 92 valence electrons. The number of hydrogen-bond acceptors (Lipinski definition) is 4. The number of nitriles is 1. The zero-order valence-corrected chi connectivity index (χ0v) is 10.1. The highest BCUT2D eigenvalue weighted by Gasteiger charge is 2.18. The summed E-state index contributed by atoms with van der Waals surface area (Å²) in [6.07, 6.45) is 1.45. The van der Waals surface area contributed by atoms with Gasteiger partial charge in [0, 0.05) is 5.56 Å². The number of rotatable bonds is 3. The van der Waals surface area contributed by atoms with Crippen molar-refractivity contribution in [1.29, 1.82) is 5.26 Å². The van der Waals surface area contributed by atoms with Gasteiger partial charge >= 0.3 is 0 Å². The maximum Gasteiger partial charge on any atom is 0.226 e. The lowest BCUT2D eigenvalue weighted by atomic mass is 10.2. The molecule has 0 bridgehead atoms. The van der Waals surface area contributed by atoms with E-state index in [1.54, 1.807) is 31.1 Å². The molecule has 5 heteroatoms. The molecule has 1 atom stereocenters. The molecule has 0 saturated heterocycles. The summed E-state index contributed by atoms with van der Waals surface area (Å²) in [7, 11) is 3.58. The van der Waals surface area contributed by atoms with Gasteiger partial charge in [-0.05, 0) is 38.4 Å². The summed E-state index contributed by atoms with van der Waals surface area (Å²) in [4.78, 5) is 5.99. The smallest absolute Gasteiger partial charge is 0.226 e. The Balaban J connectivity index is 2.31. The van der Waals surface area contributed by atoms with Crippen molar-refractivity contribution in [3.05, 3.63) is 42.0 Å². The molecule has 1 heterocycles. The molecule has 0 aliphatic heterocycles. The average molecular weight is 245 g/mol. The van der Waals surface area contributed by atoms with Gasteiger partial charge in [-0.3, -0.25) is 4.90 Å². The van der Waals surface area contributed by atoms with Crippen molar-refractivity contribution in [3.63, 3.8) is 0 Å². The third-order valence-electron chi connectivity index (χ3n) is 2.53. The van der Waals surface area contributed by atoms with Crippen molar-refractivity contribution < 1.29 is 8.81 Å². The van der Waals surface area contributed by atoms with Crippen molar-refractivity contribution >= 4 is 0 Å². The van der Waals surface area contributed by atoms with E-state index in [9.17, 15) is 4.39 Å². The Kier molecular flexibility index (Phi) is 3.40. The van der Waals surface area contributed by atoms with Crippen LogP contribution in [0, 0.1) is 17.1 Å². The highest BCUT2D eigenvalue weighted by atomic mass is 19.1. The molecule has 0 saturated carbocycles.